The fourth-order valence-electron chi connectivity index (χ4n) is 1.82. The van der Waals surface area contributed by atoms with Crippen molar-refractivity contribution in [3.63, 3.8) is 0 Å². The Balaban J connectivity index is 2.46. The maximum atomic E-state index is 13.3. The first-order chi connectivity index (χ1) is 9.01. The molecule has 0 saturated carbocycles. The molecule has 0 bridgehead atoms. The van der Waals surface area contributed by atoms with E-state index in [1.54, 1.807) is 0 Å². The van der Waals surface area contributed by atoms with Gasteiger partial charge in [-0.15, -0.1) is 0 Å². The number of hydrazine groups is 1. The van der Waals surface area contributed by atoms with Crippen molar-refractivity contribution < 1.29 is 8.78 Å². The number of rotatable bonds is 3. The van der Waals surface area contributed by atoms with Gasteiger partial charge in [-0.25, -0.2) is 14.2 Å². The first-order valence-corrected chi connectivity index (χ1v) is 6.97. The molecule has 1 unspecified atom stereocenters. The molecule has 0 saturated heterocycles. The molecule has 100 valence electrons. The second kappa shape index (κ2) is 6.09. The maximum absolute atomic E-state index is 13.3. The van der Waals surface area contributed by atoms with Gasteiger partial charge in [-0.1, -0.05) is 37.9 Å². The molecule has 0 aliphatic heterocycles. The lowest BCUT2D eigenvalue weighted by atomic mass is 9.99. The molecule has 0 spiro atoms. The third-order valence-corrected chi connectivity index (χ3v) is 3.58. The fraction of sp³-hybridized carbons (Fsp3) is 0.0769. The van der Waals surface area contributed by atoms with Gasteiger partial charge in [-0.2, -0.15) is 0 Å². The van der Waals surface area contributed by atoms with E-state index in [0.29, 0.717) is 5.56 Å². The first-order valence-electron chi connectivity index (χ1n) is 5.38. The average molecular weight is 392 g/mol. The normalized spacial score (nSPS) is 12.5. The van der Waals surface area contributed by atoms with Crippen LogP contribution < -0.4 is 11.3 Å². The molecule has 0 heterocycles. The number of benzene rings is 2. The van der Waals surface area contributed by atoms with Crippen molar-refractivity contribution in [3.05, 3.63) is 68.1 Å². The molecular weight excluding hydrogens is 382 g/mol. The van der Waals surface area contributed by atoms with Crippen LogP contribution in [0, 0.1) is 11.6 Å². The molecule has 3 N–H and O–H groups in total. The second-order valence-electron chi connectivity index (χ2n) is 3.98. The van der Waals surface area contributed by atoms with E-state index in [2.05, 4.69) is 37.3 Å². The highest BCUT2D eigenvalue weighted by Crippen LogP contribution is 2.28. The summed E-state index contributed by atoms with van der Waals surface area (Å²) in [5.74, 6) is 3.75. The monoisotopic (exact) mass is 390 g/mol. The molecule has 2 aromatic rings. The molecule has 2 rings (SSSR count). The van der Waals surface area contributed by atoms with Crippen molar-refractivity contribution >= 4 is 31.9 Å². The zero-order valence-electron chi connectivity index (χ0n) is 9.63. The van der Waals surface area contributed by atoms with Crippen LogP contribution >= 0.6 is 31.9 Å². The van der Waals surface area contributed by atoms with Crippen molar-refractivity contribution in [1.82, 2.24) is 5.43 Å². The summed E-state index contributed by atoms with van der Waals surface area (Å²) >= 11 is 6.75. The van der Waals surface area contributed by atoms with Crippen LogP contribution in [0.4, 0.5) is 8.78 Å². The third-order valence-electron chi connectivity index (χ3n) is 2.66. The van der Waals surface area contributed by atoms with E-state index in [0.717, 1.165) is 26.6 Å². The topological polar surface area (TPSA) is 38.0 Å². The van der Waals surface area contributed by atoms with Gasteiger partial charge in [-0.3, -0.25) is 5.84 Å². The van der Waals surface area contributed by atoms with E-state index >= 15 is 0 Å². The highest BCUT2D eigenvalue weighted by Gasteiger charge is 2.15. The van der Waals surface area contributed by atoms with Crippen molar-refractivity contribution in [2.24, 2.45) is 5.84 Å². The van der Waals surface area contributed by atoms with Gasteiger partial charge in [0.25, 0.3) is 0 Å². The number of nitrogens with one attached hydrogen (secondary N) is 1. The van der Waals surface area contributed by atoms with Gasteiger partial charge in [0.1, 0.15) is 0 Å². The highest BCUT2D eigenvalue weighted by atomic mass is 79.9. The quantitative estimate of drug-likeness (QED) is 0.612. The van der Waals surface area contributed by atoms with Crippen LogP contribution in [0.25, 0.3) is 0 Å². The molecule has 0 amide bonds. The lowest BCUT2D eigenvalue weighted by Crippen LogP contribution is -2.29. The van der Waals surface area contributed by atoms with Gasteiger partial charge in [0, 0.05) is 8.95 Å². The third kappa shape index (κ3) is 3.39. The summed E-state index contributed by atoms with van der Waals surface area (Å²) in [6, 6.07) is 8.88. The summed E-state index contributed by atoms with van der Waals surface area (Å²) in [4.78, 5) is 0. The standard InChI is InChI=1S/C13H10Br2F2N2/c14-9-3-8(4-10(15)6-9)13(19-18)7-1-2-11(16)12(17)5-7/h1-6,13,19H,18H2. The largest absolute Gasteiger partial charge is 0.271 e. The summed E-state index contributed by atoms with van der Waals surface area (Å²) in [7, 11) is 0. The second-order valence-corrected chi connectivity index (χ2v) is 5.81. The Kier molecular flexibility index (Phi) is 4.67. The van der Waals surface area contributed by atoms with Gasteiger partial charge in [-0.05, 0) is 41.5 Å². The molecule has 2 aromatic carbocycles. The van der Waals surface area contributed by atoms with Crippen molar-refractivity contribution in [2.45, 2.75) is 6.04 Å². The molecule has 0 aromatic heterocycles. The van der Waals surface area contributed by atoms with Gasteiger partial charge in [0.05, 0.1) is 6.04 Å². The Morgan fingerprint density at radius 2 is 1.53 bits per heavy atom. The zero-order valence-corrected chi connectivity index (χ0v) is 12.8. The van der Waals surface area contributed by atoms with Crippen molar-refractivity contribution in [1.29, 1.82) is 0 Å². The Hall–Kier alpha value is -0.820. The smallest absolute Gasteiger partial charge is 0.159 e. The summed E-state index contributed by atoms with van der Waals surface area (Å²) in [6.45, 7) is 0. The van der Waals surface area contributed by atoms with Gasteiger partial charge >= 0.3 is 0 Å². The van der Waals surface area contributed by atoms with Crippen LogP contribution in [0.1, 0.15) is 17.2 Å². The van der Waals surface area contributed by atoms with Crippen LogP contribution in [-0.2, 0) is 0 Å². The predicted molar refractivity (Wildman–Crippen MR) is 77.4 cm³/mol. The van der Waals surface area contributed by atoms with Gasteiger partial charge in [0.15, 0.2) is 11.6 Å². The van der Waals surface area contributed by atoms with E-state index < -0.39 is 17.7 Å². The van der Waals surface area contributed by atoms with E-state index in [-0.39, 0.29) is 0 Å². The first kappa shape index (κ1) is 14.6. The number of nitrogens with two attached hydrogens (primary N) is 1. The maximum Gasteiger partial charge on any atom is 0.159 e. The summed E-state index contributed by atoms with van der Waals surface area (Å²) in [6.07, 6.45) is 0. The Bertz CT molecular complexity index is 585. The number of hydrogen-bond acceptors (Lipinski definition) is 2. The van der Waals surface area contributed by atoms with Crippen LogP contribution in [-0.4, -0.2) is 0 Å². The van der Waals surface area contributed by atoms with Gasteiger partial charge in [0.2, 0.25) is 0 Å². The van der Waals surface area contributed by atoms with Crippen LogP contribution in [0.2, 0.25) is 0 Å². The van der Waals surface area contributed by atoms with E-state index in [9.17, 15) is 8.78 Å². The van der Waals surface area contributed by atoms with Crippen LogP contribution in [0.15, 0.2) is 45.3 Å². The molecule has 6 heteroatoms. The minimum Gasteiger partial charge on any atom is -0.271 e. The molecule has 0 aliphatic carbocycles. The van der Waals surface area contributed by atoms with Crippen molar-refractivity contribution in [2.75, 3.05) is 0 Å². The zero-order chi connectivity index (χ0) is 14.0. The molecule has 19 heavy (non-hydrogen) atoms. The summed E-state index contributed by atoms with van der Waals surface area (Å²) in [5.41, 5.74) is 3.98. The van der Waals surface area contributed by atoms with E-state index in [1.165, 1.54) is 6.07 Å². The number of halogens is 4. The highest BCUT2D eigenvalue weighted by molar-refractivity contribution is 9.11. The number of hydrogen-bond donors (Lipinski definition) is 2. The molecular formula is C13H10Br2F2N2. The minimum absolute atomic E-state index is 0.427. The van der Waals surface area contributed by atoms with E-state index in [4.69, 9.17) is 5.84 Å². The molecule has 2 nitrogen and oxygen atoms in total. The molecule has 0 fully saturated rings. The Morgan fingerprint density at radius 3 is 2.05 bits per heavy atom. The lowest BCUT2D eigenvalue weighted by Gasteiger charge is -2.18. The predicted octanol–water partition coefficient (Wildman–Crippen LogP) is 4.04. The van der Waals surface area contributed by atoms with Crippen LogP contribution in [0.5, 0.6) is 0 Å². The molecule has 0 aliphatic rings. The van der Waals surface area contributed by atoms with E-state index in [1.807, 2.05) is 18.2 Å². The average Bonchev–Trinajstić information content (AvgIpc) is 2.33. The minimum atomic E-state index is -0.896. The SMILES string of the molecule is NNC(c1cc(Br)cc(Br)c1)c1ccc(F)c(F)c1. The summed E-state index contributed by atoms with van der Waals surface area (Å²) < 4.78 is 28.0. The molecule has 1 atom stereocenters. The molecule has 0 radical (unpaired) electrons. The summed E-state index contributed by atoms with van der Waals surface area (Å²) in [5, 5.41) is 0. The van der Waals surface area contributed by atoms with Crippen LogP contribution in [0.3, 0.4) is 0 Å². The lowest BCUT2D eigenvalue weighted by molar-refractivity contribution is 0.504. The van der Waals surface area contributed by atoms with Gasteiger partial charge < -0.3 is 0 Å². The Labute approximate surface area is 126 Å². The Morgan fingerprint density at radius 1 is 0.895 bits per heavy atom. The fourth-order valence-corrected chi connectivity index (χ4v) is 3.15. The van der Waals surface area contributed by atoms with Crippen molar-refractivity contribution in [3.8, 4) is 0 Å².